The summed E-state index contributed by atoms with van der Waals surface area (Å²) in [6.07, 6.45) is -1.10. The van der Waals surface area contributed by atoms with Crippen LogP contribution in [0.25, 0.3) is 0 Å². The molecular formula is C25H30BrClN2O4. The smallest absolute Gasteiger partial charge is 0.255 e. The fourth-order valence-electron chi connectivity index (χ4n) is 4.66. The highest BCUT2D eigenvalue weighted by molar-refractivity contribution is 9.10. The van der Waals surface area contributed by atoms with Crippen molar-refractivity contribution in [3.05, 3.63) is 69.2 Å². The summed E-state index contributed by atoms with van der Waals surface area (Å²) < 4.78 is 13.0. The van der Waals surface area contributed by atoms with Crippen molar-refractivity contribution in [3.63, 3.8) is 0 Å². The number of aliphatic hydroxyl groups is 1. The Balaban J connectivity index is 1.51. The van der Waals surface area contributed by atoms with Gasteiger partial charge in [-0.3, -0.25) is 10.1 Å². The van der Waals surface area contributed by atoms with E-state index in [0.29, 0.717) is 11.6 Å². The number of carbonyl (C=O) groups is 1. The number of ether oxygens (including phenoxy) is 2. The van der Waals surface area contributed by atoms with Crippen molar-refractivity contribution in [1.82, 2.24) is 10.2 Å². The van der Waals surface area contributed by atoms with E-state index in [1.165, 1.54) is 0 Å². The monoisotopic (exact) mass is 536 g/mol. The second kappa shape index (κ2) is 10.0. The van der Waals surface area contributed by atoms with Crippen LogP contribution in [0.3, 0.4) is 0 Å². The minimum Gasteiger partial charge on any atom is -0.376 e. The Morgan fingerprint density at radius 3 is 2.67 bits per heavy atom. The van der Waals surface area contributed by atoms with Gasteiger partial charge in [0.15, 0.2) is 11.9 Å². The maximum atomic E-state index is 13.7. The summed E-state index contributed by atoms with van der Waals surface area (Å²) in [6, 6.07) is 15.3. The van der Waals surface area contributed by atoms with Crippen molar-refractivity contribution in [1.29, 1.82) is 0 Å². The molecule has 2 N–H and O–H groups in total. The van der Waals surface area contributed by atoms with Gasteiger partial charge in [0, 0.05) is 22.1 Å². The van der Waals surface area contributed by atoms with E-state index in [-0.39, 0.29) is 18.0 Å². The highest BCUT2D eigenvalue weighted by Crippen LogP contribution is 2.37. The van der Waals surface area contributed by atoms with Crippen LogP contribution in [0.15, 0.2) is 53.0 Å². The molecule has 0 aromatic heterocycles. The minimum atomic E-state index is -1.09. The van der Waals surface area contributed by atoms with Crippen molar-refractivity contribution in [3.8, 4) is 0 Å². The van der Waals surface area contributed by atoms with Crippen LogP contribution >= 0.6 is 27.5 Å². The highest BCUT2D eigenvalue weighted by atomic mass is 79.9. The van der Waals surface area contributed by atoms with E-state index in [1.54, 1.807) is 13.8 Å². The zero-order valence-corrected chi connectivity index (χ0v) is 21.3. The van der Waals surface area contributed by atoms with Gasteiger partial charge < -0.3 is 19.5 Å². The first-order valence-corrected chi connectivity index (χ1v) is 12.4. The lowest BCUT2D eigenvalue weighted by Gasteiger charge is -2.31. The van der Waals surface area contributed by atoms with Crippen LogP contribution in [0.1, 0.15) is 56.8 Å². The summed E-state index contributed by atoms with van der Waals surface area (Å²) in [7, 11) is 0. The Morgan fingerprint density at radius 2 is 1.97 bits per heavy atom. The van der Waals surface area contributed by atoms with Crippen molar-refractivity contribution in [2.75, 3.05) is 6.54 Å². The standard InChI is InChI=1S/C25H30BrClN2O4/c1-15(16-9-11-18(26)12-10-16)28-23(30)21-22(33-25(2,3)32-21)24(31)29-13-5-8-20(29)17-6-4-7-19(27)14-17/h4,6-7,9-12,14-15,20-23,28,30H,5,8,13H2,1-3H3/t15-,20+,21+,22+,23?/m0/s1. The zero-order valence-electron chi connectivity index (χ0n) is 19.0. The summed E-state index contributed by atoms with van der Waals surface area (Å²) in [6.45, 7) is 6.11. The van der Waals surface area contributed by atoms with Gasteiger partial charge >= 0.3 is 0 Å². The molecule has 2 fully saturated rings. The third kappa shape index (κ3) is 5.61. The van der Waals surface area contributed by atoms with Crippen LogP contribution in [0, 0.1) is 0 Å². The lowest BCUT2D eigenvalue weighted by molar-refractivity contribution is -0.165. The molecule has 33 heavy (non-hydrogen) atoms. The van der Waals surface area contributed by atoms with Gasteiger partial charge in [-0.25, -0.2) is 0 Å². The molecule has 8 heteroatoms. The highest BCUT2D eigenvalue weighted by Gasteiger charge is 2.51. The van der Waals surface area contributed by atoms with Crippen LogP contribution < -0.4 is 5.32 Å². The predicted octanol–water partition coefficient (Wildman–Crippen LogP) is 4.96. The molecule has 2 aliphatic heterocycles. The van der Waals surface area contributed by atoms with Crippen LogP contribution in [-0.4, -0.2) is 46.7 Å². The van der Waals surface area contributed by atoms with E-state index in [2.05, 4.69) is 21.2 Å². The van der Waals surface area contributed by atoms with Gasteiger partial charge in [-0.1, -0.05) is 51.8 Å². The Morgan fingerprint density at radius 1 is 1.24 bits per heavy atom. The third-order valence-electron chi connectivity index (χ3n) is 6.24. The molecule has 0 saturated carbocycles. The largest absolute Gasteiger partial charge is 0.376 e. The fourth-order valence-corrected chi connectivity index (χ4v) is 5.13. The molecule has 2 aliphatic rings. The van der Waals surface area contributed by atoms with Gasteiger partial charge in [0.2, 0.25) is 0 Å². The van der Waals surface area contributed by atoms with E-state index in [4.69, 9.17) is 21.1 Å². The average Bonchev–Trinajstić information content (AvgIpc) is 3.38. The van der Waals surface area contributed by atoms with Crippen molar-refractivity contribution in [2.45, 2.75) is 69.9 Å². The van der Waals surface area contributed by atoms with Gasteiger partial charge in [0.25, 0.3) is 5.91 Å². The average molecular weight is 538 g/mol. The first-order chi connectivity index (χ1) is 15.6. The number of nitrogens with zero attached hydrogens (tertiary/aromatic N) is 1. The van der Waals surface area contributed by atoms with Crippen molar-refractivity contribution < 1.29 is 19.4 Å². The molecule has 1 unspecified atom stereocenters. The Labute approximate surface area is 208 Å². The molecule has 178 valence electrons. The lowest BCUT2D eigenvalue weighted by Crippen LogP contribution is -2.51. The fraction of sp³-hybridized carbons (Fsp3) is 0.480. The molecule has 2 heterocycles. The van der Waals surface area contributed by atoms with Gasteiger partial charge in [-0.15, -0.1) is 0 Å². The number of carbonyl (C=O) groups excluding carboxylic acids is 1. The summed E-state index contributed by atoms with van der Waals surface area (Å²) in [5.74, 6) is -1.16. The van der Waals surface area contributed by atoms with Gasteiger partial charge in [-0.05, 0) is 69.0 Å². The minimum absolute atomic E-state index is 0.0732. The lowest BCUT2D eigenvalue weighted by atomic mass is 10.0. The summed E-state index contributed by atoms with van der Waals surface area (Å²) >= 11 is 9.63. The first kappa shape index (κ1) is 24.6. The topological polar surface area (TPSA) is 71.0 Å². The van der Waals surface area contributed by atoms with Crippen LogP contribution in [-0.2, 0) is 14.3 Å². The Bertz CT molecular complexity index is 987. The second-order valence-corrected chi connectivity index (χ2v) is 10.5. The number of aliphatic hydroxyl groups excluding tert-OH is 1. The maximum absolute atomic E-state index is 13.7. The molecule has 5 atom stereocenters. The van der Waals surface area contributed by atoms with Gasteiger partial charge in [-0.2, -0.15) is 0 Å². The zero-order chi connectivity index (χ0) is 23.8. The predicted molar refractivity (Wildman–Crippen MR) is 131 cm³/mol. The molecule has 2 saturated heterocycles. The summed E-state index contributed by atoms with van der Waals surface area (Å²) in [4.78, 5) is 15.5. The number of hydrogen-bond acceptors (Lipinski definition) is 5. The number of likely N-dealkylation sites (tertiary alicyclic amines) is 1. The number of amides is 1. The molecular weight excluding hydrogens is 508 g/mol. The third-order valence-corrected chi connectivity index (χ3v) is 7.01. The molecule has 6 nitrogen and oxygen atoms in total. The van der Waals surface area contributed by atoms with E-state index < -0.39 is 24.2 Å². The number of nitrogens with one attached hydrogen (secondary N) is 1. The van der Waals surface area contributed by atoms with Crippen molar-refractivity contribution in [2.24, 2.45) is 0 Å². The normalized spacial score (nSPS) is 26.4. The molecule has 0 radical (unpaired) electrons. The molecule has 2 aromatic rings. The maximum Gasteiger partial charge on any atom is 0.255 e. The number of hydrogen-bond donors (Lipinski definition) is 2. The molecule has 0 spiro atoms. The van der Waals surface area contributed by atoms with Crippen LogP contribution in [0.2, 0.25) is 5.02 Å². The Kier molecular flexibility index (Phi) is 7.48. The molecule has 2 aromatic carbocycles. The molecule has 0 bridgehead atoms. The van der Waals surface area contributed by atoms with Gasteiger partial charge in [0.1, 0.15) is 12.3 Å². The second-order valence-electron chi connectivity index (χ2n) is 9.15. The van der Waals surface area contributed by atoms with Crippen molar-refractivity contribution >= 4 is 33.4 Å². The molecule has 0 aliphatic carbocycles. The SMILES string of the molecule is C[C@H](NC(O)[C@@H]1OC(C)(C)O[C@H]1C(=O)N1CCC[C@@H]1c1cccc(Cl)c1)c1ccc(Br)cc1. The first-order valence-electron chi connectivity index (χ1n) is 11.3. The molecule has 4 rings (SSSR count). The summed E-state index contributed by atoms with van der Waals surface area (Å²) in [5, 5.41) is 14.8. The molecule has 1 amide bonds. The van der Waals surface area contributed by atoms with E-state index in [0.717, 1.165) is 28.4 Å². The van der Waals surface area contributed by atoms with E-state index in [9.17, 15) is 9.90 Å². The number of rotatable bonds is 6. The van der Waals surface area contributed by atoms with Crippen LogP contribution in [0.4, 0.5) is 0 Å². The van der Waals surface area contributed by atoms with E-state index in [1.807, 2.05) is 60.4 Å². The summed E-state index contributed by atoms with van der Waals surface area (Å²) in [5.41, 5.74) is 2.02. The van der Waals surface area contributed by atoms with E-state index >= 15 is 0 Å². The van der Waals surface area contributed by atoms with Crippen LogP contribution in [0.5, 0.6) is 0 Å². The Hall–Kier alpha value is -1.48. The number of halogens is 2. The number of benzene rings is 2. The van der Waals surface area contributed by atoms with Gasteiger partial charge in [0.05, 0.1) is 6.04 Å². The quantitative estimate of drug-likeness (QED) is 0.510.